The van der Waals surface area contributed by atoms with Crippen LogP contribution in [0.4, 0.5) is 10.5 Å². The smallest absolute Gasteiger partial charge is 0.319 e. The SMILES string of the molecule is COCCOCc1cccc(NC(=O)NCCSc2ccccc2)c1. The van der Waals surface area contributed by atoms with Gasteiger partial charge >= 0.3 is 6.03 Å². The van der Waals surface area contributed by atoms with Crippen molar-refractivity contribution < 1.29 is 14.3 Å². The fourth-order valence-corrected chi connectivity index (χ4v) is 2.89. The first-order valence-electron chi connectivity index (χ1n) is 8.16. The Balaban J connectivity index is 1.67. The van der Waals surface area contributed by atoms with E-state index in [1.165, 1.54) is 4.90 Å². The van der Waals surface area contributed by atoms with Crippen LogP contribution in [-0.2, 0) is 16.1 Å². The summed E-state index contributed by atoms with van der Waals surface area (Å²) < 4.78 is 10.4. The highest BCUT2D eigenvalue weighted by Crippen LogP contribution is 2.16. The maximum Gasteiger partial charge on any atom is 0.319 e. The standard InChI is InChI=1S/C19H24N2O3S/c1-23-11-12-24-15-16-6-5-7-17(14-16)21-19(22)20-10-13-25-18-8-3-2-4-9-18/h2-9,14H,10-13,15H2,1H3,(H2,20,21,22). The van der Waals surface area contributed by atoms with Gasteiger partial charge in [-0.3, -0.25) is 0 Å². The van der Waals surface area contributed by atoms with Crippen LogP contribution in [0.5, 0.6) is 0 Å². The summed E-state index contributed by atoms with van der Waals surface area (Å²) in [6, 6.07) is 17.6. The van der Waals surface area contributed by atoms with Gasteiger partial charge < -0.3 is 20.1 Å². The van der Waals surface area contributed by atoms with Crippen LogP contribution < -0.4 is 10.6 Å². The first-order valence-corrected chi connectivity index (χ1v) is 9.15. The number of rotatable bonds is 10. The highest BCUT2D eigenvalue weighted by atomic mass is 32.2. The van der Waals surface area contributed by atoms with Gasteiger partial charge in [0.15, 0.2) is 0 Å². The van der Waals surface area contributed by atoms with Crippen molar-refractivity contribution in [2.45, 2.75) is 11.5 Å². The monoisotopic (exact) mass is 360 g/mol. The third-order valence-electron chi connectivity index (χ3n) is 3.28. The summed E-state index contributed by atoms with van der Waals surface area (Å²) in [5, 5.41) is 5.71. The number of carbonyl (C=O) groups excluding carboxylic acids is 1. The number of methoxy groups -OCH3 is 1. The Morgan fingerprint density at radius 1 is 1.08 bits per heavy atom. The molecule has 2 N–H and O–H groups in total. The Labute approximate surface area is 153 Å². The third-order valence-corrected chi connectivity index (χ3v) is 4.30. The highest BCUT2D eigenvalue weighted by molar-refractivity contribution is 7.99. The summed E-state index contributed by atoms with van der Waals surface area (Å²) in [6.45, 7) is 2.22. The van der Waals surface area contributed by atoms with Gasteiger partial charge in [-0.25, -0.2) is 4.79 Å². The molecule has 0 bridgehead atoms. The van der Waals surface area contributed by atoms with Crippen LogP contribution in [0.15, 0.2) is 59.5 Å². The summed E-state index contributed by atoms with van der Waals surface area (Å²) in [7, 11) is 1.64. The molecule has 6 heteroatoms. The van der Waals surface area contributed by atoms with Gasteiger partial charge in [0.05, 0.1) is 19.8 Å². The van der Waals surface area contributed by atoms with Gasteiger partial charge in [0.2, 0.25) is 0 Å². The van der Waals surface area contributed by atoms with Crippen molar-refractivity contribution in [3.63, 3.8) is 0 Å². The van der Waals surface area contributed by atoms with E-state index in [1.807, 2.05) is 42.5 Å². The second kappa shape index (κ2) is 11.5. The minimum Gasteiger partial charge on any atom is -0.382 e. The lowest BCUT2D eigenvalue weighted by Crippen LogP contribution is -2.30. The normalized spacial score (nSPS) is 10.4. The zero-order valence-corrected chi connectivity index (χ0v) is 15.2. The van der Waals surface area contributed by atoms with E-state index in [4.69, 9.17) is 9.47 Å². The highest BCUT2D eigenvalue weighted by Gasteiger charge is 2.02. The Hall–Kier alpha value is -2.02. The molecule has 0 aliphatic carbocycles. The molecule has 0 atom stereocenters. The average Bonchev–Trinajstić information content (AvgIpc) is 2.64. The van der Waals surface area contributed by atoms with Gasteiger partial charge in [0.25, 0.3) is 0 Å². The summed E-state index contributed by atoms with van der Waals surface area (Å²) in [4.78, 5) is 13.2. The molecule has 0 radical (unpaired) electrons. The predicted molar refractivity (Wildman–Crippen MR) is 102 cm³/mol. The van der Waals surface area contributed by atoms with Gasteiger partial charge in [-0.15, -0.1) is 11.8 Å². The van der Waals surface area contributed by atoms with Crippen molar-refractivity contribution in [3.05, 3.63) is 60.2 Å². The fraction of sp³-hybridized carbons (Fsp3) is 0.316. The van der Waals surface area contributed by atoms with Crippen molar-refractivity contribution in [3.8, 4) is 0 Å². The third kappa shape index (κ3) is 8.07. The van der Waals surface area contributed by atoms with E-state index >= 15 is 0 Å². The lowest BCUT2D eigenvalue weighted by atomic mass is 10.2. The molecule has 2 rings (SSSR count). The van der Waals surface area contributed by atoms with Gasteiger partial charge in [0.1, 0.15) is 0 Å². The summed E-state index contributed by atoms with van der Waals surface area (Å²) in [5.41, 5.74) is 1.76. The number of benzene rings is 2. The first kappa shape index (κ1) is 19.3. The van der Waals surface area contributed by atoms with Crippen LogP contribution in [-0.4, -0.2) is 38.7 Å². The predicted octanol–water partition coefficient (Wildman–Crippen LogP) is 3.76. The average molecular weight is 360 g/mol. The van der Waals surface area contributed by atoms with E-state index in [1.54, 1.807) is 18.9 Å². The van der Waals surface area contributed by atoms with Gasteiger partial charge in [-0.2, -0.15) is 0 Å². The first-order chi connectivity index (χ1) is 12.3. The Morgan fingerprint density at radius 3 is 2.72 bits per heavy atom. The molecule has 2 aromatic carbocycles. The van der Waals surface area contributed by atoms with E-state index in [2.05, 4.69) is 22.8 Å². The molecule has 134 valence electrons. The number of urea groups is 1. The zero-order valence-electron chi connectivity index (χ0n) is 14.4. The quantitative estimate of drug-likeness (QED) is 0.500. The zero-order chi connectivity index (χ0) is 17.7. The molecule has 5 nitrogen and oxygen atoms in total. The molecule has 2 amide bonds. The molecule has 0 fully saturated rings. The molecule has 0 aliphatic heterocycles. The van der Waals surface area contributed by atoms with Crippen LogP contribution in [0.1, 0.15) is 5.56 Å². The number of amides is 2. The molecule has 0 aromatic heterocycles. The number of carbonyl (C=O) groups is 1. The maximum absolute atomic E-state index is 12.0. The molecule has 25 heavy (non-hydrogen) atoms. The van der Waals surface area contributed by atoms with Crippen molar-refractivity contribution in [1.82, 2.24) is 5.32 Å². The summed E-state index contributed by atoms with van der Waals surface area (Å²) in [6.07, 6.45) is 0. The Morgan fingerprint density at radius 2 is 1.92 bits per heavy atom. The Bertz CT molecular complexity index is 638. The van der Waals surface area contributed by atoms with E-state index in [0.717, 1.165) is 17.0 Å². The van der Waals surface area contributed by atoms with Crippen molar-refractivity contribution in [2.24, 2.45) is 0 Å². The van der Waals surface area contributed by atoms with Crippen molar-refractivity contribution in [1.29, 1.82) is 0 Å². The van der Waals surface area contributed by atoms with Crippen LogP contribution >= 0.6 is 11.8 Å². The molecule has 0 spiro atoms. The molecule has 0 saturated heterocycles. The Kier molecular flexibility index (Phi) is 8.90. The number of hydrogen-bond donors (Lipinski definition) is 2. The minimum absolute atomic E-state index is 0.203. The summed E-state index contributed by atoms with van der Waals surface area (Å²) in [5.74, 6) is 0.824. The fourth-order valence-electron chi connectivity index (χ4n) is 2.10. The molecule has 0 unspecified atom stereocenters. The van der Waals surface area contributed by atoms with E-state index < -0.39 is 0 Å². The second-order valence-corrected chi connectivity index (χ2v) is 6.46. The number of hydrogen-bond acceptors (Lipinski definition) is 4. The lowest BCUT2D eigenvalue weighted by molar-refractivity contribution is 0.0617. The van der Waals surface area contributed by atoms with Crippen LogP contribution in [0.2, 0.25) is 0 Å². The van der Waals surface area contributed by atoms with E-state index in [-0.39, 0.29) is 6.03 Å². The molecule has 0 aliphatic rings. The van der Waals surface area contributed by atoms with Crippen LogP contribution in [0.3, 0.4) is 0 Å². The van der Waals surface area contributed by atoms with Crippen molar-refractivity contribution in [2.75, 3.05) is 37.9 Å². The van der Waals surface area contributed by atoms with Crippen LogP contribution in [0, 0.1) is 0 Å². The number of nitrogens with one attached hydrogen (secondary N) is 2. The van der Waals surface area contributed by atoms with Crippen molar-refractivity contribution >= 4 is 23.5 Å². The van der Waals surface area contributed by atoms with Gasteiger partial charge in [-0.05, 0) is 29.8 Å². The number of thioether (sulfide) groups is 1. The van der Waals surface area contributed by atoms with Gasteiger partial charge in [-0.1, -0.05) is 30.3 Å². The number of ether oxygens (including phenoxy) is 2. The lowest BCUT2D eigenvalue weighted by Gasteiger charge is -2.09. The van der Waals surface area contributed by atoms with E-state index in [0.29, 0.717) is 26.4 Å². The second-order valence-electron chi connectivity index (χ2n) is 5.29. The summed E-state index contributed by atoms with van der Waals surface area (Å²) >= 11 is 1.71. The molecule has 0 heterocycles. The topological polar surface area (TPSA) is 59.6 Å². The van der Waals surface area contributed by atoms with Crippen LogP contribution in [0.25, 0.3) is 0 Å². The molecular weight excluding hydrogens is 336 g/mol. The minimum atomic E-state index is -0.203. The molecule has 2 aromatic rings. The maximum atomic E-state index is 12.0. The number of anilines is 1. The molecule has 0 saturated carbocycles. The van der Waals surface area contributed by atoms with E-state index in [9.17, 15) is 4.79 Å². The largest absolute Gasteiger partial charge is 0.382 e. The van der Waals surface area contributed by atoms with Gasteiger partial charge in [0, 0.05) is 30.0 Å². The molecular formula is C19H24N2O3S.